The minimum Gasteiger partial charge on any atom is -0.0917 e. The Balaban J connectivity index is 2.23. The van der Waals surface area contributed by atoms with Crippen molar-refractivity contribution >= 4 is 10.8 Å². The van der Waals surface area contributed by atoms with Gasteiger partial charge in [-0.3, -0.25) is 0 Å². The smallest absolute Gasteiger partial charge is 0.0181 e. The third-order valence-corrected chi connectivity index (χ3v) is 2.65. The van der Waals surface area contributed by atoms with E-state index < -0.39 is 0 Å². The van der Waals surface area contributed by atoms with Gasteiger partial charge in [0.15, 0.2) is 0 Å². The van der Waals surface area contributed by atoms with Crippen molar-refractivity contribution in [2.24, 2.45) is 0 Å². The minimum atomic E-state index is 1.13. The first kappa shape index (κ1) is 9.97. The first-order valence-electron chi connectivity index (χ1n) is 5.49. The number of rotatable bonds is 3. The van der Waals surface area contributed by atoms with Crippen LogP contribution in [0.25, 0.3) is 10.8 Å². The summed E-state index contributed by atoms with van der Waals surface area (Å²) in [5.41, 5.74) is 1.42. The molecule has 2 rings (SSSR count). The molecule has 2 aromatic carbocycles. The number of aryl methyl sites for hydroxylation is 1. The van der Waals surface area contributed by atoms with Gasteiger partial charge in [0.1, 0.15) is 0 Å². The molecule has 2 aromatic rings. The fourth-order valence-corrected chi connectivity index (χ4v) is 1.81. The molecule has 0 spiro atoms. The second kappa shape index (κ2) is 4.79. The van der Waals surface area contributed by atoms with Crippen LogP contribution in [0.4, 0.5) is 0 Å². The lowest BCUT2D eigenvalue weighted by molar-refractivity contribution is 1.00. The standard InChI is InChI=1S/C15H16/c1-2-3-4-7-13-10-11-14-8-5-6-9-15(14)12-13/h2-3,5-6,8-12H,4,7H2,1H3. The van der Waals surface area contributed by atoms with Crippen LogP contribution in [0, 0.1) is 0 Å². The molecule has 0 heteroatoms. The predicted molar refractivity (Wildman–Crippen MR) is 67.1 cm³/mol. The van der Waals surface area contributed by atoms with Crippen LogP contribution in [-0.4, -0.2) is 0 Å². The highest BCUT2D eigenvalue weighted by molar-refractivity contribution is 5.82. The predicted octanol–water partition coefficient (Wildman–Crippen LogP) is 4.35. The summed E-state index contributed by atoms with van der Waals surface area (Å²) in [6, 6.07) is 15.2. The Morgan fingerprint density at radius 3 is 2.60 bits per heavy atom. The van der Waals surface area contributed by atoms with E-state index in [9.17, 15) is 0 Å². The Bertz CT molecular complexity index is 466. The summed E-state index contributed by atoms with van der Waals surface area (Å²) in [7, 11) is 0. The molecule has 0 aliphatic heterocycles. The fraction of sp³-hybridized carbons (Fsp3) is 0.200. The number of benzene rings is 2. The van der Waals surface area contributed by atoms with Crippen molar-refractivity contribution in [2.45, 2.75) is 19.8 Å². The van der Waals surface area contributed by atoms with Gasteiger partial charge >= 0.3 is 0 Å². The van der Waals surface area contributed by atoms with Crippen LogP contribution in [0.3, 0.4) is 0 Å². The van der Waals surface area contributed by atoms with E-state index in [-0.39, 0.29) is 0 Å². The molecule has 0 N–H and O–H groups in total. The van der Waals surface area contributed by atoms with E-state index >= 15 is 0 Å². The van der Waals surface area contributed by atoms with Crippen LogP contribution >= 0.6 is 0 Å². The van der Waals surface area contributed by atoms with Gasteiger partial charge < -0.3 is 0 Å². The summed E-state index contributed by atoms with van der Waals surface area (Å²) in [5, 5.41) is 2.67. The Labute approximate surface area is 91.2 Å². The molecule has 0 nitrogen and oxygen atoms in total. The highest BCUT2D eigenvalue weighted by Gasteiger charge is 1.94. The molecule has 0 heterocycles. The van der Waals surface area contributed by atoms with Gasteiger partial charge in [-0.25, -0.2) is 0 Å². The molecule has 0 amide bonds. The molecule has 0 fully saturated rings. The van der Waals surface area contributed by atoms with Crippen LogP contribution in [0.15, 0.2) is 54.6 Å². The van der Waals surface area contributed by atoms with E-state index in [1.165, 1.54) is 16.3 Å². The number of hydrogen-bond donors (Lipinski definition) is 0. The third kappa shape index (κ3) is 2.47. The van der Waals surface area contributed by atoms with Crippen molar-refractivity contribution in [3.05, 3.63) is 60.2 Å². The molecule has 0 saturated heterocycles. The lowest BCUT2D eigenvalue weighted by Gasteiger charge is -2.01. The number of fused-ring (bicyclic) bond motifs is 1. The molecule has 0 bridgehead atoms. The summed E-state index contributed by atoms with van der Waals surface area (Å²) in [5.74, 6) is 0. The zero-order valence-electron chi connectivity index (χ0n) is 9.11. The fourth-order valence-electron chi connectivity index (χ4n) is 1.81. The Morgan fingerprint density at radius 2 is 1.80 bits per heavy atom. The average Bonchev–Trinajstić information content (AvgIpc) is 2.29. The second-order valence-corrected chi connectivity index (χ2v) is 3.79. The van der Waals surface area contributed by atoms with E-state index in [4.69, 9.17) is 0 Å². The summed E-state index contributed by atoms with van der Waals surface area (Å²) < 4.78 is 0. The van der Waals surface area contributed by atoms with Crippen LogP contribution in [0.5, 0.6) is 0 Å². The van der Waals surface area contributed by atoms with Crippen molar-refractivity contribution < 1.29 is 0 Å². The second-order valence-electron chi connectivity index (χ2n) is 3.79. The van der Waals surface area contributed by atoms with E-state index in [0.717, 1.165) is 12.8 Å². The van der Waals surface area contributed by atoms with Gasteiger partial charge in [-0.05, 0) is 36.1 Å². The molecule has 0 atom stereocenters. The molecular weight excluding hydrogens is 180 g/mol. The van der Waals surface area contributed by atoms with Gasteiger partial charge in [0.05, 0.1) is 0 Å². The van der Waals surface area contributed by atoms with Gasteiger partial charge in [-0.1, -0.05) is 54.6 Å². The van der Waals surface area contributed by atoms with Crippen molar-refractivity contribution in [2.75, 3.05) is 0 Å². The maximum Gasteiger partial charge on any atom is -0.0181 e. The van der Waals surface area contributed by atoms with Crippen LogP contribution in [-0.2, 0) is 6.42 Å². The van der Waals surface area contributed by atoms with Crippen LogP contribution in [0.1, 0.15) is 18.9 Å². The molecule has 0 radical (unpaired) electrons. The summed E-state index contributed by atoms with van der Waals surface area (Å²) in [6.07, 6.45) is 6.60. The van der Waals surface area contributed by atoms with Crippen molar-refractivity contribution in [3.63, 3.8) is 0 Å². The molecular formula is C15H16. The zero-order valence-corrected chi connectivity index (χ0v) is 9.11. The summed E-state index contributed by atoms with van der Waals surface area (Å²) in [6.45, 7) is 2.07. The summed E-state index contributed by atoms with van der Waals surface area (Å²) >= 11 is 0. The van der Waals surface area contributed by atoms with Gasteiger partial charge in [-0.2, -0.15) is 0 Å². The summed E-state index contributed by atoms with van der Waals surface area (Å²) in [4.78, 5) is 0. The van der Waals surface area contributed by atoms with Crippen molar-refractivity contribution in [3.8, 4) is 0 Å². The first-order chi connectivity index (χ1) is 7.40. The molecule has 76 valence electrons. The van der Waals surface area contributed by atoms with E-state index in [2.05, 4.69) is 61.5 Å². The molecule has 0 aromatic heterocycles. The van der Waals surface area contributed by atoms with E-state index in [0.29, 0.717) is 0 Å². The van der Waals surface area contributed by atoms with Crippen molar-refractivity contribution in [1.29, 1.82) is 0 Å². The minimum absolute atomic E-state index is 1.13. The van der Waals surface area contributed by atoms with Gasteiger partial charge in [0.25, 0.3) is 0 Å². The Morgan fingerprint density at radius 1 is 1.00 bits per heavy atom. The third-order valence-electron chi connectivity index (χ3n) is 2.65. The van der Waals surface area contributed by atoms with Gasteiger partial charge in [0.2, 0.25) is 0 Å². The molecule has 0 saturated carbocycles. The first-order valence-corrected chi connectivity index (χ1v) is 5.49. The van der Waals surface area contributed by atoms with Crippen molar-refractivity contribution in [1.82, 2.24) is 0 Å². The lowest BCUT2D eigenvalue weighted by atomic mass is 10.0. The van der Waals surface area contributed by atoms with E-state index in [1.54, 1.807) is 0 Å². The molecule has 0 aliphatic carbocycles. The zero-order chi connectivity index (χ0) is 10.5. The maximum atomic E-state index is 2.29. The molecule has 0 aliphatic rings. The van der Waals surface area contributed by atoms with Crippen LogP contribution in [0.2, 0.25) is 0 Å². The highest BCUT2D eigenvalue weighted by Crippen LogP contribution is 2.16. The quantitative estimate of drug-likeness (QED) is 0.640. The monoisotopic (exact) mass is 196 g/mol. The van der Waals surface area contributed by atoms with E-state index in [1.807, 2.05) is 0 Å². The number of allylic oxidation sites excluding steroid dienone is 2. The van der Waals surface area contributed by atoms with Gasteiger partial charge in [0, 0.05) is 0 Å². The normalized spacial score (nSPS) is 11.3. The SMILES string of the molecule is CC=CCCc1ccc2ccccc2c1. The lowest BCUT2D eigenvalue weighted by Crippen LogP contribution is -1.83. The highest BCUT2D eigenvalue weighted by atomic mass is 14.0. The van der Waals surface area contributed by atoms with Gasteiger partial charge in [-0.15, -0.1) is 0 Å². The molecule has 0 unspecified atom stereocenters. The molecule has 15 heavy (non-hydrogen) atoms. The largest absolute Gasteiger partial charge is 0.0917 e. The Kier molecular flexibility index (Phi) is 3.18. The van der Waals surface area contributed by atoms with Crippen LogP contribution < -0.4 is 0 Å². The average molecular weight is 196 g/mol. The Hall–Kier alpha value is -1.56. The topological polar surface area (TPSA) is 0 Å². The maximum absolute atomic E-state index is 2.29. The number of hydrogen-bond acceptors (Lipinski definition) is 0.